The van der Waals surface area contributed by atoms with E-state index in [1.807, 2.05) is 0 Å². The summed E-state index contributed by atoms with van der Waals surface area (Å²) in [6.07, 6.45) is 2.00. The molecular formula is C54H73N15O17S2. The number of amides is 10. The highest BCUT2D eigenvalue weighted by atomic mass is 32.1. The highest BCUT2D eigenvalue weighted by molar-refractivity contribution is 7.80. The molecule has 478 valence electrons. The van der Waals surface area contributed by atoms with E-state index in [1.165, 1.54) is 73.6 Å². The summed E-state index contributed by atoms with van der Waals surface area (Å²) >= 11 is 8.33. The third-order valence-corrected chi connectivity index (χ3v) is 13.6. The predicted molar refractivity (Wildman–Crippen MR) is 316 cm³/mol. The Morgan fingerprint density at radius 1 is 0.500 bits per heavy atom. The molecule has 0 unspecified atom stereocenters. The zero-order chi connectivity index (χ0) is 65.2. The van der Waals surface area contributed by atoms with Crippen LogP contribution in [0.2, 0.25) is 0 Å². The summed E-state index contributed by atoms with van der Waals surface area (Å²) in [4.78, 5) is 172. The van der Waals surface area contributed by atoms with Crippen molar-refractivity contribution in [2.24, 2.45) is 11.7 Å². The van der Waals surface area contributed by atoms with Gasteiger partial charge in [0, 0.05) is 61.0 Å². The molecule has 2 aromatic carbocycles. The zero-order valence-corrected chi connectivity index (χ0v) is 49.6. The lowest BCUT2D eigenvalue weighted by Crippen LogP contribution is -2.61. The van der Waals surface area contributed by atoms with Crippen LogP contribution in [-0.4, -0.2) is 202 Å². The van der Waals surface area contributed by atoms with Gasteiger partial charge < -0.3 is 94.4 Å². The number of thiol groups is 2. The number of H-pyrrole nitrogens is 2. The smallest absolute Gasteiger partial charge is 0.326 e. The van der Waals surface area contributed by atoms with Gasteiger partial charge in [-0.3, -0.25) is 52.7 Å². The van der Waals surface area contributed by atoms with Crippen LogP contribution in [0.25, 0.3) is 0 Å². The number of carbonyl (C=O) groups is 12. The van der Waals surface area contributed by atoms with Gasteiger partial charge in [-0.05, 0) is 54.7 Å². The van der Waals surface area contributed by atoms with Gasteiger partial charge in [0.15, 0.2) is 0 Å². The SMILES string of the molecule is CC(C)C[C@H](NC(=O)[C@H](CS)NC(=O)[C@@H](NC(=O)CNC(=O)[C@H](Cc1ccc(O)cc1)NC(=O)[C@H](Cc1ccc(O)cc1)NC(=O)[C@H](Cc1cnc[nH]1)NC(=O)[C@H](CS)NC(=O)CNC(=O)[C@@H](N)CC(=O)O)[C@@H](C)O)C(=O)N[C@@H](Cc1cnc[nH]1)C(=O)O. The van der Waals surface area contributed by atoms with Gasteiger partial charge in [-0.2, -0.15) is 25.3 Å². The van der Waals surface area contributed by atoms with Crippen molar-refractivity contribution in [3.8, 4) is 11.5 Å². The molecule has 0 fully saturated rings. The van der Waals surface area contributed by atoms with Gasteiger partial charge >= 0.3 is 11.9 Å². The number of phenols is 2. The number of aliphatic hydroxyl groups is 1. The standard InChI is InChI=1S/C54H73N15O17S2/c1-26(2)12-35(48(79)67-39(54(85)86)16-31-19-57-25-61-31)63-52(83)41(23-88)68-53(84)45(27(3)70)69-43(74)21-59-47(78)36(13-28-4-8-32(71)9-5-28)64-49(80)37(14-29-6-10-33(72)11-7-29)65-50(81)38(15-30-18-56-24-60-30)66-51(82)40(22-87)62-42(73)20-58-46(77)34(55)17-44(75)76/h4-11,18-19,24-27,34-41,45,70-72,87-88H,12-17,20-23,55H2,1-3H3,(H,56,60)(H,57,61)(H,58,77)(H,59,78)(H,62,73)(H,63,83)(H,64,80)(H,65,81)(H,66,82)(H,67,79)(H,68,84)(H,69,74)(H,75,76)(H,85,86)/t27-,34+,35+,36+,37+,38+,39+,40+,41+,45+/m1/s1. The van der Waals surface area contributed by atoms with Crippen LogP contribution in [0.15, 0.2) is 73.6 Å². The van der Waals surface area contributed by atoms with Crippen molar-refractivity contribution < 1.29 is 83.1 Å². The van der Waals surface area contributed by atoms with Crippen LogP contribution in [0, 0.1) is 5.92 Å². The Kier molecular flexibility index (Phi) is 28.6. The van der Waals surface area contributed by atoms with E-state index in [1.54, 1.807) is 13.8 Å². The topological polar surface area (TPSA) is 510 Å². The number of carbonyl (C=O) groups excluding carboxylic acids is 10. The number of rotatable bonds is 36. The lowest BCUT2D eigenvalue weighted by molar-refractivity contribution is -0.142. The Bertz CT molecular complexity index is 3030. The molecule has 32 nitrogen and oxygen atoms in total. The summed E-state index contributed by atoms with van der Waals surface area (Å²) in [7, 11) is 0. The number of benzene rings is 2. The van der Waals surface area contributed by atoms with Gasteiger partial charge in [-0.25, -0.2) is 14.8 Å². The van der Waals surface area contributed by atoms with E-state index >= 15 is 0 Å². The number of imidazole rings is 2. The Morgan fingerprint density at radius 3 is 1.32 bits per heavy atom. The van der Waals surface area contributed by atoms with Crippen LogP contribution in [0.5, 0.6) is 11.5 Å². The van der Waals surface area contributed by atoms with Crippen LogP contribution < -0.4 is 58.9 Å². The number of aromatic nitrogens is 4. The average Bonchev–Trinajstić information content (AvgIpc) is 2.85. The van der Waals surface area contributed by atoms with Gasteiger partial charge in [0.05, 0.1) is 44.3 Å². The molecule has 0 aliphatic carbocycles. The number of nitrogens with one attached hydrogen (secondary N) is 12. The molecule has 0 aliphatic heterocycles. The number of nitrogens with two attached hydrogens (primary N) is 1. The second-order valence-corrected chi connectivity index (χ2v) is 21.3. The molecule has 4 rings (SSSR count). The van der Waals surface area contributed by atoms with Crippen LogP contribution in [0.1, 0.15) is 56.1 Å². The number of aliphatic carboxylic acids is 2. The fourth-order valence-corrected chi connectivity index (χ4v) is 8.77. The number of aromatic amines is 2. The molecule has 0 spiro atoms. The monoisotopic (exact) mass is 1270 g/mol. The van der Waals surface area contributed by atoms with Crippen LogP contribution in [0.4, 0.5) is 0 Å². The van der Waals surface area contributed by atoms with E-state index in [0.717, 1.165) is 6.92 Å². The maximum absolute atomic E-state index is 14.6. The van der Waals surface area contributed by atoms with Crippen molar-refractivity contribution >= 4 is 96.3 Å². The zero-order valence-electron chi connectivity index (χ0n) is 47.9. The number of phenolic OH excluding ortho intramolecular Hbond substituents is 2. The van der Waals surface area contributed by atoms with Crippen molar-refractivity contribution in [1.29, 1.82) is 0 Å². The summed E-state index contributed by atoms with van der Waals surface area (Å²) in [5, 5.41) is 73.6. The molecule has 19 N–H and O–H groups in total. The van der Waals surface area contributed by atoms with Crippen LogP contribution in [0.3, 0.4) is 0 Å². The van der Waals surface area contributed by atoms with Gasteiger partial charge in [0.2, 0.25) is 59.1 Å². The molecule has 88 heavy (non-hydrogen) atoms. The molecule has 34 heteroatoms. The first-order chi connectivity index (χ1) is 41.7. The second kappa shape index (κ2) is 35.4. The minimum absolute atomic E-state index is 0.0405. The van der Waals surface area contributed by atoms with Gasteiger partial charge in [0.25, 0.3) is 0 Å². The fraction of sp³-hybridized carbons (Fsp3) is 0.444. The first-order valence-electron chi connectivity index (χ1n) is 27.2. The molecule has 4 aromatic rings. The van der Waals surface area contributed by atoms with Crippen LogP contribution >= 0.6 is 25.3 Å². The number of carboxylic acid groups (broad SMARTS) is 2. The van der Waals surface area contributed by atoms with E-state index in [2.05, 4.69) is 98.4 Å². The van der Waals surface area contributed by atoms with Gasteiger partial charge in [-0.15, -0.1) is 0 Å². The highest BCUT2D eigenvalue weighted by Gasteiger charge is 2.35. The summed E-state index contributed by atoms with van der Waals surface area (Å²) < 4.78 is 0. The maximum atomic E-state index is 14.6. The van der Waals surface area contributed by atoms with Crippen molar-refractivity contribution in [2.75, 3.05) is 24.6 Å². The number of aliphatic hydroxyl groups excluding tert-OH is 1. The maximum Gasteiger partial charge on any atom is 0.326 e. The van der Waals surface area contributed by atoms with E-state index < -0.39 is 151 Å². The van der Waals surface area contributed by atoms with Gasteiger partial charge in [0.1, 0.15) is 59.8 Å². The molecule has 10 atom stereocenters. The molecule has 0 bridgehead atoms. The summed E-state index contributed by atoms with van der Waals surface area (Å²) in [5.41, 5.74) is 7.02. The minimum atomic E-state index is -1.77. The Hall–Kier alpha value is -9.28. The van der Waals surface area contributed by atoms with Crippen molar-refractivity contribution in [1.82, 2.24) is 73.1 Å². The normalized spacial score (nSPS) is 14.5. The molecule has 0 radical (unpaired) electrons. The molecule has 2 heterocycles. The predicted octanol–water partition coefficient (Wildman–Crippen LogP) is -4.90. The Morgan fingerprint density at radius 2 is 0.886 bits per heavy atom. The number of carboxylic acids is 2. The highest BCUT2D eigenvalue weighted by Crippen LogP contribution is 2.15. The molecule has 0 saturated heterocycles. The van der Waals surface area contributed by atoms with Crippen molar-refractivity contribution in [3.63, 3.8) is 0 Å². The summed E-state index contributed by atoms with van der Waals surface area (Å²) in [6.45, 7) is 3.03. The quantitative estimate of drug-likeness (QED) is 0.0190. The first kappa shape index (κ1) is 71.2. The van der Waals surface area contributed by atoms with Crippen molar-refractivity contribution in [2.45, 2.75) is 120 Å². The largest absolute Gasteiger partial charge is 0.508 e. The fourth-order valence-electron chi connectivity index (χ4n) is 8.25. The third-order valence-electron chi connectivity index (χ3n) is 12.9. The molecule has 0 aliphatic rings. The second-order valence-electron chi connectivity index (χ2n) is 20.5. The lowest BCUT2D eigenvalue weighted by Gasteiger charge is -2.27. The molecule has 0 saturated carbocycles. The molecule has 10 amide bonds. The molecular weight excluding hydrogens is 1190 g/mol. The number of aromatic hydroxyl groups is 2. The van der Waals surface area contributed by atoms with E-state index in [4.69, 9.17) is 10.8 Å². The average molecular weight is 1270 g/mol. The number of nitrogens with zero attached hydrogens (tertiary/aromatic N) is 2. The van der Waals surface area contributed by atoms with E-state index in [-0.39, 0.29) is 61.0 Å². The number of hydrogen-bond donors (Lipinski definition) is 20. The number of hydrogen-bond acceptors (Lipinski definition) is 20. The first-order valence-corrected chi connectivity index (χ1v) is 28.5. The van der Waals surface area contributed by atoms with E-state index in [0.29, 0.717) is 22.5 Å². The molecule has 2 aromatic heterocycles. The Balaban J connectivity index is 1.51. The summed E-state index contributed by atoms with van der Waals surface area (Å²) in [6, 6.07) is -2.58. The van der Waals surface area contributed by atoms with Crippen LogP contribution in [-0.2, 0) is 83.2 Å². The summed E-state index contributed by atoms with van der Waals surface area (Å²) in [5.74, 6) is -13.6. The third kappa shape index (κ3) is 24.2. The minimum Gasteiger partial charge on any atom is -0.508 e. The van der Waals surface area contributed by atoms with Gasteiger partial charge in [-0.1, -0.05) is 38.1 Å². The Labute approximate surface area is 514 Å². The van der Waals surface area contributed by atoms with Crippen molar-refractivity contribution in [3.05, 3.63) is 96.1 Å². The van der Waals surface area contributed by atoms with E-state index in [9.17, 15) is 78.0 Å². The lowest BCUT2D eigenvalue weighted by atomic mass is 10.0.